The summed E-state index contributed by atoms with van der Waals surface area (Å²) in [5, 5.41) is 3.45. The summed E-state index contributed by atoms with van der Waals surface area (Å²) in [4.78, 5) is 23.8. The first-order valence-corrected chi connectivity index (χ1v) is 9.26. The molecule has 0 fully saturated rings. The summed E-state index contributed by atoms with van der Waals surface area (Å²) in [7, 11) is 0. The molecule has 0 saturated heterocycles. The van der Waals surface area contributed by atoms with E-state index in [0.717, 1.165) is 6.42 Å². The fourth-order valence-electron chi connectivity index (χ4n) is 2.40. The number of hydrogen-bond acceptors (Lipinski definition) is 5. The van der Waals surface area contributed by atoms with Crippen LogP contribution in [0.15, 0.2) is 42.5 Å². The molecule has 0 unspecified atom stereocenters. The Morgan fingerprint density at radius 3 is 2.61 bits per heavy atom. The highest BCUT2D eigenvalue weighted by atomic mass is 35.5. The summed E-state index contributed by atoms with van der Waals surface area (Å²) in [6, 6.07) is 10.0. The third-order valence-corrected chi connectivity index (χ3v) is 4.47. The Bertz CT molecular complexity index is 913. The second-order valence-corrected chi connectivity index (χ2v) is 6.69. The van der Waals surface area contributed by atoms with Gasteiger partial charge in [0.2, 0.25) is 0 Å². The van der Waals surface area contributed by atoms with Crippen molar-refractivity contribution < 1.29 is 23.8 Å². The second-order valence-electron chi connectivity index (χ2n) is 5.87. The fourth-order valence-corrected chi connectivity index (χ4v) is 2.71. The quantitative estimate of drug-likeness (QED) is 0.573. The molecule has 1 amide bonds. The van der Waals surface area contributed by atoms with Gasteiger partial charge < -0.3 is 19.5 Å². The van der Waals surface area contributed by atoms with E-state index in [1.54, 1.807) is 36.4 Å². The van der Waals surface area contributed by atoms with Crippen LogP contribution >= 0.6 is 23.2 Å². The summed E-state index contributed by atoms with van der Waals surface area (Å²) in [5.74, 6) is 0.0804. The predicted molar refractivity (Wildman–Crippen MR) is 107 cm³/mol. The van der Waals surface area contributed by atoms with Gasteiger partial charge in [-0.2, -0.15) is 0 Å². The van der Waals surface area contributed by atoms with E-state index in [0.29, 0.717) is 46.0 Å². The molecule has 0 saturated carbocycles. The van der Waals surface area contributed by atoms with Crippen LogP contribution in [0.1, 0.15) is 12.0 Å². The number of nitrogens with one attached hydrogen (secondary N) is 1. The summed E-state index contributed by atoms with van der Waals surface area (Å²) in [6.45, 7) is 0.719. The van der Waals surface area contributed by atoms with Gasteiger partial charge in [0, 0.05) is 24.3 Å². The Kier molecular flexibility index (Phi) is 6.79. The van der Waals surface area contributed by atoms with Crippen molar-refractivity contribution in [3.63, 3.8) is 0 Å². The third-order valence-electron chi connectivity index (χ3n) is 3.73. The number of rotatable bonds is 5. The van der Waals surface area contributed by atoms with E-state index >= 15 is 0 Å². The number of carbonyl (C=O) groups excluding carboxylic acids is 2. The van der Waals surface area contributed by atoms with E-state index in [1.807, 2.05) is 0 Å². The van der Waals surface area contributed by atoms with Crippen LogP contribution in [-0.2, 0) is 14.3 Å². The lowest BCUT2D eigenvalue weighted by Gasteiger charge is -2.10. The van der Waals surface area contributed by atoms with Gasteiger partial charge in [0.1, 0.15) is 0 Å². The first kappa shape index (κ1) is 20.0. The number of benzene rings is 2. The Labute approximate surface area is 172 Å². The molecule has 2 aromatic carbocycles. The minimum absolute atomic E-state index is 0.381. The predicted octanol–water partition coefficient (Wildman–Crippen LogP) is 4.35. The number of ether oxygens (including phenoxy) is 3. The maximum Gasteiger partial charge on any atom is 0.331 e. The van der Waals surface area contributed by atoms with E-state index in [1.165, 1.54) is 12.2 Å². The Hall–Kier alpha value is -2.70. The zero-order valence-electron chi connectivity index (χ0n) is 14.7. The highest BCUT2D eigenvalue weighted by Crippen LogP contribution is 2.32. The zero-order chi connectivity index (χ0) is 19.9. The Balaban J connectivity index is 1.49. The summed E-state index contributed by atoms with van der Waals surface area (Å²) in [6.07, 6.45) is 3.52. The fraction of sp³-hybridized carbons (Fsp3) is 0.200. The minimum Gasteiger partial charge on any atom is -0.490 e. The molecule has 0 bridgehead atoms. The first-order chi connectivity index (χ1) is 13.5. The van der Waals surface area contributed by atoms with Crippen LogP contribution in [0, 0.1) is 0 Å². The molecule has 146 valence electrons. The smallest absolute Gasteiger partial charge is 0.331 e. The van der Waals surface area contributed by atoms with Gasteiger partial charge in [-0.25, -0.2) is 4.79 Å². The van der Waals surface area contributed by atoms with E-state index in [4.69, 9.17) is 37.4 Å². The van der Waals surface area contributed by atoms with Gasteiger partial charge >= 0.3 is 5.97 Å². The maximum absolute atomic E-state index is 12.0. The van der Waals surface area contributed by atoms with Gasteiger partial charge in [-0.1, -0.05) is 29.3 Å². The van der Waals surface area contributed by atoms with Crippen LogP contribution in [0.2, 0.25) is 10.0 Å². The summed E-state index contributed by atoms with van der Waals surface area (Å²) < 4.78 is 16.0. The molecule has 8 heteroatoms. The minimum atomic E-state index is -0.653. The molecule has 1 N–H and O–H groups in total. The van der Waals surface area contributed by atoms with Gasteiger partial charge in [0.25, 0.3) is 5.91 Å². The van der Waals surface area contributed by atoms with Gasteiger partial charge in [-0.3, -0.25) is 4.79 Å². The van der Waals surface area contributed by atoms with Gasteiger partial charge in [-0.15, -0.1) is 0 Å². The molecular weight excluding hydrogens is 405 g/mol. The van der Waals surface area contributed by atoms with Gasteiger partial charge in [-0.05, 0) is 35.9 Å². The maximum atomic E-state index is 12.0. The molecule has 2 aromatic rings. The molecule has 0 atom stereocenters. The van der Waals surface area contributed by atoms with Crippen molar-refractivity contribution in [2.75, 3.05) is 25.1 Å². The average Bonchev–Trinajstić information content (AvgIpc) is 2.92. The van der Waals surface area contributed by atoms with Crippen LogP contribution in [-0.4, -0.2) is 31.7 Å². The van der Waals surface area contributed by atoms with Crippen LogP contribution < -0.4 is 14.8 Å². The number of fused-ring (bicyclic) bond motifs is 1. The number of carbonyl (C=O) groups is 2. The first-order valence-electron chi connectivity index (χ1n) is 8.50. The third kappa shape index (κ3) is 5.65. The van der Waals surface area contributed by atoms with Gasteiger partial charge in [0.15, 0.2) is 18.1 Å². The molecule has 6 nitrogen and oxygen atoms in total. The van der Waals surface area contributed by atoms with E-state index < -0.39 is 18.5 Å². The molecule has 0 aliphatic carbocycles. The lowest BCUT2D eigenvalue weighted by Crippen LogP contribution is -2.20. The standard InChI is InChI=1S/C20H17Cl2NO5/c21-15-5-2-13(10-16(15)22)3-7-20(25)28-12-19(24)23-14-4-6-17-18(11-14)27-9-1-8-26-17/h2-7,10-11H,1,8-9,12H2,(H,23,24)/b7-3+. The normalized spacial score (nSPS) is 13.1. The van der Waals surface area contributed by atoms with E-state index in [9.17, 15) is 9.59 Å². The Morgan fingerprint density at radius 1 is 1.04 bits per heavy atom. The van der Waals surface area contributed by atoms with Gasteiger partial charge in [0.05, 0.1) is 23.3 Å². The Morgan fingerprint density at radius 2 is 1.82 bits per heavy atom. The monoisotopic (exact) mass is 421 g/mol. The van der Waals surface area contributed by atoms with Crippen LogP contribution in [0.3, 0.4) is 0 Å². The van der Waals surface area contributed by atoms with Crippen molar-refractivity contribution in [3.05, 3.63) is 58.1 Å². The summed E-state index contributed by atoms with van der Waals surface area (Å²) in [5.41, 5.74) is 1.21. The molecule has 0 aromatic heterocycles. The summed E-state index contributed by atoms with van der Waals surface area (Å²) >= 11 is 11.7. The van der Waals surface area contributed by atoms with Crippen LogP contribution in [0.5, 0.6) is 11.5 Å². The number of hydrogen-bond donors (Lipinski definition) is 1. The molecule has 0 spiro atoms. The SMILES string of the molecule is O=C(COC(=O)/C=C/c1ccc(Cl)c(Cl)c1)Nc1ccc2c(c1)OCCCO2. The average molecular weight is 422 g/mol. The highest BCUT2D eigenvalue weighted by Gasteiger charge is 2.12. The van der Waals surface area contributed by atoms with Crippen molar-refractivity contribution in [1.29, 1.82) is 0 Å². The largest absolute Gasteiger partial charge is 0.490 e. The lowest BCUT2D eigenvalue weighted by atomic mass is 10.2. The van der Waals surface area contributed by atoms with Crippen LogP contribution in [0.25, 0.3) is 6.08 Å². The molecular formula is C20H17Cl2NO5. The molecule has 1 aliphatic rings. The van der Waals surface area contributed by atoms with Crippen molar-refractivity contribution in [3.8, 4) is 11.5 Å². The number of anilines is 1. The number of esters is 1. The molecule has 28 heavy (non-hydrogen) atoms. The van der Waals surface area contributed by atoms with E-state index in [2.05, 4.69) is 5.32 Å². The highest BCUT2D eigenvalue weighted by molar-refractivity contribution is 6.42. The topological polar surface area (TPSA) is 73.9 Å². The number of amides is 1. The van der Waals surface area contributed by atoms with Crippen molar-refractivity contribution in [1.82, 2.24) is 0 Å². The number of halogens is 2. The lowest BCUT2D eigenvalue weighted by molar-refractivity contribution is -0.142. The van der Waals surface area contributed by atoms with E-state index in [-0.39, 0.29) is 0 Å². The zero-order valence-corrected chi connectivity index (χ0v) is 16.3. The van der Waals surface area contributed by atoms with Crippen molar-refractivity contribution in [2.45, 2.75) is 6.42 Å². The van der Waals surface area contributed by atoms with Crippen molar-refractivity contribution >= 4 is 46.8 Å². The molecule has 1 aliphatic heterocycles. The second kappa shape index (κ2) is 9.48. The molecule has 1 heterocycles. The molecule has 0 radical (unpaired) electrons. The molecule has 3 rings (SSSR count). The van der Waals surface area contributed by atoms with Crippen molar-refractivity contribution in [2.24, 2.45) is 0 Å². The van der Waals surface area contributed by atoms with Crippen LogP contribution in [0.4, 0.5) is 5.69 Å².